The van der Waals surface area contributed by atoms with E-state index in [0.29, 0.717) is 13.2 Å². The summed E-state index contributed by atoms with van der Waals surface area (Å²) < 4.78 is 5.09. The van der Waals surface area contributed by atoms with Crippen LogP contribution in [0.25, 0.3) is 0 Å². The molecule has 0 unspecified atom stereocenters. The number of Topliss-reactive ketones (excluding diaryl/α,β-unsaturated/α-hetero) is 1. The van der Waals surface area contributed by atoms with Crippen LogP contribution in [-0.2, 0) is 9.53 Å². The van der Waals surface area contributed by atoms with E-state index < -0.39 is 0 Å². The minimum absolute atomic E-state index is 0.0956. The van der Waals surface area contributed by atoms with Gasteiger partial charge in [-0.25, -0.2) is 0 Å². The van der Waals surface area contributed by atoms with Crippen LogP contribution in [0.3, 0.4) is 0 Å². The minimum Gasteiger partial charge on any atom is -0.381 e. The molecule has 1 saturated heterocycles. The van der Waals surface area contributed by atoms with E-state index >= 15 is 0 Å². The molecule has 0 aromatic carbocycles. The number of rotatable bonds is 2. The third-order valence-electron chi connectivity index (χ3n) is 1.74. The molecule has 0 spiro atoms. The lowest BCUT2D eigenvalue weighted by atomic mass is 9.97. The van der Waals surface area contributed by atoms with Crippen LogP contribution in [0.1, 0.15) is 12.8 Å². The smallest absolute Gasteiger partial charge is 0.169 e. The highest BCUT2D eigenvalue weighted by molar-refractivity contribution is 7.80. The Hall–Kier alpha value is -0.280. The van der Waals surface area contributed by atoms with Gasteiger partial charge in [-0.2, -0.15) is 0 Å². The number of thiocarbonyl (C=S) groups is 1. The summed E-state index contributed by atoms with van der Waals surface area (Å²) in [5.41, 5.74) is 0. The Morgan fingerprint density at radius 3 is 2.60 bits per heavy atom. The van der Waals surface area contributed by atoms with Gasteiger partial charge in [-0.15, -0.1) is 0 Å². The zero-order chi connectivity index (χ0) is 7.40. The molecule has 3 heteroatoms. The lowest BCUT2D eigenvalue weighted by Crippen LogP contribution is -2.23. The standard InChI is InChI=1S/C7H10O2S/c8-7(5-10)6-1-3-9-4-2-6/h5-6H,1-4H2. The second-order valence-electron chi connectivity index (χ2n) is 2.41. The van der Waals surface area contributed by atoms with Crippen LogP contribution in [0.5, 0.6) is 0 Å². The Bertz CT molecular complexity index is 139. The Morgan fingerprint density at radius 1 is 1.50 bits per heavy atom. The van der Waals surface area contributed by atoms with Crippen molar-refractivity contribution in [2.75, 3.05) is 13.2 Å². The molecular weight excluding hydrogens is 148 g/mol. The lowest BCUT2D eigenvalue weighted by molar-refractivity contribution is -0.118. The zero-order valence-corrected chi connectivity index (χ0v) is 6.52. The average molecular weight is 158 g/mol. The molecule has 0 aromatic rings. The molecule has 1 aliphatic heterocycles. The Balaban J connectivity index is 2.38. The van der Waals surface area contributed by atoms with Gasteiger partial charge in [-0.05, 0) is 12.8 Å². The van der Waals surface area contributed by atoms with E-state index in [-0.39, 0.29) is 11.7 Å². The summed E-state index contributed by atoms with van der Waals surface area (Å²) in [7, 11) is 0. The zero-order valence-electron chi connectivity index (χ0n) is 5.71. The van der Waals surface area contributed by atoms with Crippen molar-refractivity contribution in [3.8, 4) is 0 Å². The van der Waals surface area contributed by atoms with Crippen molar-refractivity contribution in [1.82, 2.24) is 0 Å². The molecule has 56 valence electrons. The third kappa shape index (κ3) is 1.85. The fraction of sp³-hybridized carbons (Fsp3) is 0.714. The van der Waals surface area contributed by atoms with Crippen LogP contribution >= 0.6 is 12.2 Å². The number of ether oxygens (including phenoxy) is 1. The van der Waals surface area contributed by atoms with Gasteiger partial charge in [0.05, 0.1) is 0 Å². The number of ketones is 1. The van der Waals surface area contributed by atoms with Crippen molar-refractivity contribution in [3.05, 3.63) is 0 Å². The number of carbonyl (C=O) groups excluding carboxylic acids is 1. The van der Waals surface area contributed by atoms with Crippen LogP contribution < -0.4 is 0 Å². The minimum atomic E-state index is 0.0956. The molecule has 10 heavy (non-hydrogen) atoms. The predicted octanol–water partition coefficient (Wildman–Crippen LogP) is 0.982. The fourth-order valence-corrected chi connectivity index (χ4v) is 1.27. The van der Waals surface area contributed by atoms with Crippen molar-refractivity contribution in [2.24, 2.45) is 5.92 Å². The fourth-order valence-electron chi connectivity index (χ4n) is 1.08. The van der Waals surface area contributed by atoms with E-state index in [1.54, 1.807) is 0 Å². The summed E-state index contributed by atoms with van der Waals surface area (Å²) in [6.07, 6.45) is 1.68. The van der Waals surface area contributed by atoms with E-state index in [4.69, 9.17) is 4.74 Å². The maximum atomic E-state index is 11.0. The molecule has 0 bridgehead atoms. The molecule has 2 nitrogen and oxygen atoms in total. The van der Waals surface area contributed by atoms with Crippen LogP contribution in [0, 0.1) is 5.92 Å². The third-order valence-corrected chi connectivity index (χ3v) is 1.97. The Kier molecular flexibility index (Phi) is 2.96. The maximum Gasteiger partial charge on any atom is 0.169 e. The first-order valence-corrected chi connectivity index (χ1v) is 3.88. The van der Waals surface area contributed by atoms with Gasteiger partial charge < -0.3 is 4.74 Å². The van der Waals surface area contributed by atoms with Crippen molar-refractivity contribution in [1.29, 1.82) is 0 Å². The molecule has 0 atom stereocenters. The van der Waals surface area contributed by atoms with Crippen LogP contribution in [-0.4, -0.2) is 24.4 Å². The van der Waals surface area contributed by atoms with Crippen LogP contribution in [0.2, 0.25) is 0 Å². The molecule has 0 amide bonds. The topological polar surface area (TPSA) is 26.3 Å². The normalized spacial score (nSPS) is 20.4. The molecule has 0 N–H and O–H groups in total. The highest BCUT2D eigenvalue weighted by atomic mass is 32.1. The molecule has 0 aromatic heterocycles. The predicted molar refractivity (Wildman–Crippen MR) is 42.2 cm³/mol. The average Bonchev–Trinajstić information content (AvgIpc) is 2.05. The summed E-state index contributed by atoms with van der Waals surface area (Å²) in [6.45, 7) is 1.42. The first kappa shape index (κ1) is 7.82. The number of carbonyl (C=O) groups is 1. The van der Waals surface area contributed by atoms with E-state index in [2.05, 4.69) is 12.2 Å². The molecular formula is C7H10O2S. The highest BCUT2D eigenvalue weighted by Crippen LogP contribution is 2.14. The Morgan fingerprint density at radius 2 is 2.10 bits per heavy atom. The monoisotopic (exact) mass is 158 g/mol. The summed E-state index contributed by atoms with van der Waals surface area (Å²) in [5, 5.41) is 1.25. The highest BCUT2D eigenvalue weighted by Gasteiger charge is 2.18. The molecule has 0 aliphatic carbocycles. The van der Waals surface area contributed by atoms with E-state index in [1.807, 2.05) is 0 Å². The number of hydrogen-bond donors (Lipinski definition) is 0. The van der Waals surface area contributed by atoms with Crippen molar-refractivity contribution in [3.63, 3.8) is 0 Å². The van der Waals surface area contributed by atoms with Gasteiger partial charge in [0.25, 0.3) is 0 Å². The van der Waals surface area contributed by atoms with Crippen LogP contribution in [0.4, 0.5) is 0 Å². The Labute approximate surface area is 65.6 Å². The van der Waals surface area contributed by atoms with E-state index in [1.165, 1.54) is 5.37 Å². The van der Waals surface area contributed by atoms with Gasteiger partial charge in [0.1, 0.15) is 0 Å². The second kappa shape index (κ2) is 3.78. The van der Waals surface area contributed by atoms with Gasteiger partial charge in [0, 0.05) is 24.5 Å². The summed E-state index contributed by atoms with van der Waals surface area (Å²) in [5.74, 6) is 0.240. The van der Waals surface area contributed by atoms with Crippen LogP contribution in [0.15, 0.2) is 0 Å². The quantitative estimate of drug-likeness (QED) is 0.560. The van der Waals surface area contributed by atoms with Gasteiger partial charge in [0.2, 0.25) is 0 Å². The molecule has 1 heterocycles. The lowest BCUT2D eigenvalue weighted by Gasteiger charge is -2.18. The second-order valence-corrected chi connectivity index (χ2v) is 2.64. The molecule has 1 aliphatic rings. The van der Waals surface area contributed by atoms with Crippen molar-refractivity contribution >= 4 is 23.4 Å². The summed E-state index contributed by atoms with van der Waals surface area (Å²) in [6, 6.07) is 0. The van der Waals surface area contributed by atoms with Crippen molar-refractivity contribution in [2.45, 2.75) is 12.8 Å². The summed E-state index contributed by atoms with van der Waals surface area (Å²) >= 11 is 4.54. The maximum absolute atomic E-state index is 11.0. The largest absolute Gasteiger partial charge is 0.381 e. The van der Waals surface area contributed by atoms with Crippen molar-refractivity contribution < 1.29 is 9.53 Å². The molecule has 1 rings (SSSR count). The van der Waals surface area contributed by atoms with E-state index in [0.717, 1.165) is 12.8 Å². The van der Waals surface area contributed by atoms with Gasteiger partial charge in [-0.3, -0.25) is 4.79 Å². The first-order chi connectivity index (χ1) is 4.84. The molecule has 0 saturated carbocycles. The van der Waals surface area contributed by atoms with E-state index in [9.17, 15) is 4.79 Å². The number of hydrogen-bond acceptors (Lipinski definition) is 3. The van der Waals surface area contributed by atoms with Gasteiger partial charge in [0.15, 0.2) is 5.78 Å². The summed E-state index contributed by atoms with van der Waals surface area (Å²) in [4.78, 5) is 11.0. The molecule has 0 radical (unpaired) electrons. The SMILES string of the molecule is O=C(C=S)C1CCOCC1. The molecule has 1 fully saturated rings. The van der Waals surface area contributed by atoms with Gasteiger partial charge in [-0.1, -0.05) is 12.2 Å². The van der Waals surface area contributed by atoms with Gasteiger partial charge >= 0.3 is 0 Å². The first-order valence-electron chi connectivity index (χ1n) is 3.41.